The molecule has 0 N–H and O–H groups in total. The monoisotopic (exact) mass is 308 g/mol. The number of carbonyl (C=O) groups is 1. The molecule has 2 aliphatic rings. The van der Waals surface area contributed by atoms with Crippen molar-refractivity contribution in [3.05, 3.63) is 42.4 Å². The van der Waals surface area contributed by atoms with Crippen molar-refractivity contribution in [2.45, 2.75) is 45.6 Å². The smallest absolute Gasteiger partial charge is 0.141 e. The molecule has 1 aromatic heterocycles. The third-order valence-electron chi connectivity index (χ3n) is 5.86. The van der Waals surface area contributed by atoms with Crippen LogP contribution in [0.4, 0.5) is 0 Å². The first-order valence-electron chi connectivity index (χ1n) is 8.81. The van der Waals surface area contributed by atoms with Crippen LogP contribution in [0.2, 0.25) is 0 Å². The van der Waals surface area contributed by atoms with Gasteiger partial charge in [0.15, 0.2) is 0 Å². The van der Waals surface area contributed by atoms with Crippen LogP contribution in [0.1, 0.15) is 51.1 Å². The Morgan fingerprint density at radius 2 is 1.96 bits per heavy atom. The summed E-state index contributed by atoms with van der Waals surface area (Å²) in [5.74, 6) is 1.48. The van der Waals surface area contributed by atoms with Crippen LogP contribution < -0.4 is 0 Å². The number of hydrogen-bond acceptors (Lipinski definition) is 2. The lowest BCUT2D eigenvalue weighted by molar-refractivity contribution is -0.128. The van der Waals surface area contributed by atoms with Crippen LogP contribution in [0.15, 0.2) is 36.8 Å². The molecule has 0 unspecified atom stereocenters. The average molecular weight is 308 g/mol. The molecule has 1 aliphatic carbocycles. The van der Waals surface area contributed by atoms with E-state index in [0.717, 1.165) is 24.5 Å². The molecule has 3 heteroatoms. The summed E-state index contributed by atoms with van der Waals surface area (Å²) in [6, 6.07) is 8.55. The zero-order chi connectivity index (χ0) is 16.0. The predicted octanol–water partition coefficient (Wildman–Crippen LogP) is 4.48. The van der Waals surface area contributed by atoms with Gasteiger partial charge in [-0.25, -0.2) is 4.98 Å². The van der Waals surface area contributed by atoms with Gasteiger partial charge in [0.1, 0.15) is 5.78 Å². The van der Waals surface area contributed by atoms with Crippen molar-refractivity contribution < 1.29 is 4.79 Å². The number of aromatic nitrogens is 2. The maximum atomic E-state index is 13.1. The van der Waals surface area contributed by atoms with E-state index in [9.17, 15) is 4.79 Å². The van der Waals surface area contributed by atoms with Gasteiger partial charge in [0.05, 0.1) is 24.3 Å². The minimum absolute atomic E-state index is 0.00464. The number of hydrogen-bond donors (Lipinski definition) is 0. The van der Waals surface area contributed by atoms with E-state index in [0.29, 0.717) is 5.78 Å². The van der Waals surface area contributed by atoms with Gasteiger partial charge in [-0.15, -0.1) is 0 Å². The Kier molecular flexibility index (Phi) is 3.59. The molecule has 1 saturated carbocycles. The molecular weight excluding hydrogens is 284 g/mol. The van der Waals surface area contributed by atoms with Crippen LogP contribution in [0, 0.1) is 17.8 Å². The lowest BCUT2D eigenvalue weighted by atomic mass is 9.76. The number of fused-ring (bicyclic) bond motifs is 3. The molecule has 1 aliphatic heterocycles. The molecule has 0 amide bonds. The summed E-state index contributed by atoms with van der Waals surface area (Å²) in [5, 5.41) is 0. The molecule has 2 aromatic rings. The molecule has 120 valence electrons. The minimum atomic E-state index is 0.00464. The van der Waals surface area contributed by atoms with Crippen LogP contribution in [0.3, 0.4) is 0 Å². The minimum Gasteiger partial charge on any atom is -0.322 e. The van der Waals surface area contributed by atoms with Crippen molar-refractivity contribution in [2.75, 3.05) is 0 Å². The third kappa shape index (κ3) is 2.34. The highest BCUT2D eigenvalue weighted by atomic mass is 16.1. The third-order valence-corrected chi connectivity index (χ3v) is 5.86. The maximum absolute atomic E-state index is 13.1. The largest absolute Gasteiger partial charge is 0.322 e. The molecule has 3 nitrogen and oxygen atoms in total. The standard InChI is InChI=1S/C20H24N2O/c1-13-7-9-15(10-8-13)20(23)14(2)19-17-6-4-3-5-16(17)18-11-21-12-22(18)19/h3-6,11-15,19H,7-10H2,1-2H3/t13?,14-,15?,19-/m0/s1. The number of carbonyl (C=O) groups excluding carboxylic acids is 1. The Balaban J connectivity index is 1.64. The van der Waals surface area contributed by atoms with Gasteiger partial charge in [0.25, 0.3) is 0 Å². The fourth-order valence-corrected chi connectivity index (χ4v) is 4.46. The number of nitrogens with zero attached hydrogens (tertiary/aromatic N) is 2. The first kappa shape index (κ1) is 14.7. The molecule has 0 bridgehead atoms. The Morgan fingerprint density at radius 1 is 1.22 bits per heavy atom. The van der Waals surface area contributed by atoms with Gasteiger partial charge in [0, 0.05) is 17.4 Å². The molecule has 1 fully saturated rings. The van der Waals surface area contributed by atoms with E-state index < -0.39 is 0 Å². The molecule has 2 atom stereocenters. The van der Waals surface area contributed by atoms with Gasteiger partial charge < -0.3 is 4.57 Å². The second kappa shape index (κ2) is 5.63. The molecule has 0 spiro atoms. The summed E-state index contributed by atoms with van der Waals surface area (Å²) in [6.45, 7) is 4.41. The van der Waals surface area contributed by atoms with Gasteiger partial charge in [-0.2, -0.15) is 0 Å². The van der Waals surface area contributed by atoms with E-state index in [4.69, 9.17) is 0 Å². The van der Waals surface area contributed by atoms with E-state index in [1.54, 1.807) is 0 Å². The first-order chi connectivity index (χ1) is 11.2. The van der Waals surface area contributed by atoms with Gasteiger partial charge in [-0.05, 0) is 24.3 Å². The van der Waals surface area contributed by atoms with Crippen molar-refractivity contribution in [3.8, 4) is 11.3 Å². The van der Waals surface area contributed by atoms with E-state index >= 15 is 0 Å². The zero-order valence-corrected chi connectivity index (χ0v) is 13.9. The number of benzene rings is 1. The van der Waals surface area contributed by atoms with E-state index in [1.165, 1.54) is 24.0 Å². The molecule has 2 heterocycles. The van der Waals surface area contributed by atoms with E-state index in [2.05, 4.69) is 47.7 Å². The summed E-state index contributed by atoms with van der Waals surface area (Å²) in [7, 11) is 0. The first-order valence-corrected chi connectivity index (χ1v) is 8.81. The Bertz CT molecular complexity index is 725. The Labute approximate surface area is 137 Å². The highest BCUT2D eigenvalue weighted by Gasteiger charge is 2.38. The van der Waals surface area contributed by atoms with Crippen molar-refractivity contribution in [3.63, 3.8) is 0 Å². The van der Waals surface area contributed by atoms with Crippen molar-refractivity contribution >= 4 is 5.78 Å². The maximum Gasteiger partial charge on any atom is 0.141 e. The average Bonchev–Trinajstić information content (AvgIpc) is 3.15. The van der Waals surface area contributed by atoms with Crippen LogP contribution in [0.25, 0.3) is 11.3 Å². The topological polar surface area (TPSA) is 34.9 Å². The fourth-order valence-electron chi connectivity index (χ4n) is 4.46. The van der Waals surface area contributed by atoms with Gasteiger partial charge in [0.2, 0.25) is 0 Å². The van der Waals surface area contributed by atoms with Crippen molar-refractivity contribution in [1.29, 1.82) is 0 Å². The second-order valence-electron chi connectivity index (χ2n) is 7.37. The number of Topliss-reactive ketones (excluding diaryl/α,β-unsaturated/α-hetero) is 1. The highest BCUT2D eigenvalue weighted by Crippen LogP contribution is 2.44. The van der Waals surface area contributed by atoms with Crippen LogP contribution in [-0.2, 0) is 4.79 Å². The van der Waals surface area contributed by atoms with Crippen LogP contribution in [0.5, 0.6) is 0 Å². The van der Waals surface area contributed by atoms with Gasteiger partial charge >= 0.3 is 0 Å². The van der Waals surface area contributed by atoms with E-state index in [1.807, 2.05) is 12.5 Å². The second-order valence-corrected chi connectivity index (χ2v) is 7.37. The normalized spacial score (nSPS) is 27.3. The van der Waals surface area contributed by atoms with Crippen LogP contribution in [-0.4, -0.2) is 15.3 Å². The molecule has 23 heavy (non-hydrogen) atoms. The highest BCUT2D eigenvalue weighted by molar-refractivity contribution is 5.85. The van der Waals surface area contributed by atoms with E-state index in [-0.39, 0.29) is 17.9 Å². The number of rotatable bonds is 3. The predicted molar refractivity (Wildman–Crippen MR) is 91.1 cm³/mol. The molecular formula is C20H24N2O. The molecule has 0 saturated heterocycles. The summed E-state index contributed by atoms with van der Waals surface area (Å²) >= 11 is 0. The summed E-state index contributed by atoms with van der Waals surface area (Å²) < 4.78 is 2.19. The lowest BCUT2D eigenvalue weighted by Gasteiger charge is -2.30. The number of ketones is 1. The van der Waals surface area contributed by atoms with Gasteiger partial charge in [-0.3, -0.25) is 4.79 Å². The van der Waals surface area contributed by atoms with Crippen molar-refractivity contribution in [1.82, 2.24) is 9.55 Å². The van der Waals surface area contributed by atoms with Crippen LogP contribution >= 0.6 is 0 Å². The summed E-state index contributed by atoms with van der Waals surface area (Å²) in [4.78, 5) is 17.4. The molecule has 1 aromatic carbocycles. The zero-order valence-electron chi connectivity index (χ0n) is 13.9. The lowest BCUT2D eigenvalue weighted by Crippen LogP contribution is -2.30. The SMILES string of the molecule is CC1CCC(C(=O)[C@@H](C)[C@H]2c3ccccc3-c3cncn32)CC1. The van der Waals surface area contributed by atoms with Gasteiger partial charge in [-0.1, -0.05) is 51.0 Å². The Morgan fingerprint density at radius 3 is 2.74 bits per heavy atom. The quantitative estimate of drug-likeness (QED) is 0.837. The Hall–Kier alpha value is -1.90. The fraction of sp³-hybridized carbons (Fsp3) is 0.500. The molecule has 0 radical (unpaired) electrons. The number of imidazole rings is 1. The summed E-state index contributed by atoms with van der Waals surface area (Å²) in [6.07, 6.45) is 8.32. The van der Waals surface area contributed by atoms with Crippen molar-refractivity contribution in [2.24, 2.45) is 17.8 Å². The molecule has 4 rings (SSSR count). The summed E-state index contributed by atoms with van der Waals surface area (Å²) in [5.41, 5.74) is 3.64.